The molecule has 1 saturated heterocycles. The van der Waals surface area contributed by atoms with E-state index in [1.54, 1.807) is 22.8 Å². The molecule has 0 spiro atoms. The van der Waals surface area contributed by atoms with Gasteiger partial charge in [-0.2, -0.15) is 19.6 Å². The van der Waals surface area contributed by atoms with Crippen molar-refractivity contribution in [3.05, 3.63) is 46.6 Å². The van der Waals surface area contributed by atoms with Gasteiger partial charge in [0.1, 0.15) is 6.10 Å². The summed E-state index contributed by atoms with van der Waals surface area (Å²) in [5, 5.41) is 11.2. The van der Waals surface area contributed by atoms with Crippen LogP contribution in [0.15, 0.2) is 24.4 Å². The van der Waals surface area contributed by atoms with Crippen molar-refractivity contribution in [2.24, 2.45) is 5.73 Å². The molecule has 34 heavy (non-hydrogen) atoms. The number of anilines is 1. The molecule has 1 amide bonds. The number of carbonyl (C=O) groups is 1. The molecule has 1 aliphatic rings. The number of nitrogens with zero attached hydrogens (tertiary/aromatic N) is 4. The Morgan fingerprint density at radius 1 is 1.35 bits per heavy atom. The fourth-order valence-corrected chi connectivity index (χ4v) is 4.21. The van der Waals surface area contributed by atoms with E-state index in [1.165, 1.54) is 0 Å². The molecule has 2 aromatic heterocycles. The number of nitrogens with two attached hydrogens (primary N) is 1. The summed E-state index contributed by atoms with van der Waals surface area (Å²) in [6.45, 7) is 8.13. The van der Waals surface area contributed by atoms with Crippen molar-refractivity contribution in [1.29, 1.82) is 0 Å². The second-order valence-corrected chi connectivity index (χ2v) is 8.89. The molecule has 1 fully saturated rings. The molecule has 3 heterocycles. The smallest absolute Gasteiger partial charge is 0.322 e. The van der Waals surface area contributed by atoms with E-state index in [1.807, 2.05) is 13.0 Å². The number of nitrogens with one attached hydrogen (secondary N) is 2. The Labute approximate surface area is 199 Å². The number of ether oxygens (including phenoxy) is 1. The van der Waals surface area contributed by atoms with Gasteiger partial charge >= 0.3 is 6.01 Å². The second kappa shape index (κ2) is 10.1. The molecule has 0 radical (unpaired) electrons. The molecule has 0 bridgehead atoms. The highest BCUT2D eigenvalue weighted by atomic mass is 16.5. The number of aromatic nitrogens is 4. The molecule has 1 aliphatic heterocycles. The van der Waals surface area contributed by atoms with Gasteiger partial charge in [0.25, 0.3) is 0 Å². The van der Waals surface area contributed by atoms with Gasteiger partial charge in [-0.05, 0) is 49.4 Å². The number of primary amides is 1. The van der Waals surface area contributed by atoms with Crippen LogP contribution in [-0.2, 0) is 6.54 Å². The fourth-order valence-electron chi connectivity index (χ4n) is 4.21. The number of hydrogen-bond donors (Lipinski definition) is 3. The van der Waals surface area contributed by atoms with Gasteiger partial charge in [0.05, 0.1) is 6.20 Å². The standard InChI is InChI=1S/C25H31N7O2/c1-5-16(4)18-9-6-10-19(22(26)33)21(18)13-28-24-31-25(34-17-8-7-11-27-12-17)30-23-20(15(2)3)14-29-32(23)24/h1,6,9-10,14-17,27H,7-8,11-13H2,2-4H3,(H2,26,33)(H,28,30,31)/t16?,17-/m1/s1. The Kier molecular flexibility index (Phi) is 6.98. The third-order valence-electron chi connectivity index (χ3n) is 6.14. The number of rotatable bonds is 8. The minimum Gasteiger partial charge on any atom is -0.459 e. The highest BCUT2D eigenvalue weighted by molar-refractivity contribution is 5.94. The molecule has 0 aliphatic carbocycles. The molecule has 0 saturated carbocycles. The normalized spacial score (nSPS) is 16.9. The van der Waals surface area contributed by atoms with Crippen LogP contribution in [0.4, 0.5) is 5.95 Å². The molecule has 178 valence electrons. The van der Waals surface area contributed by atoms with Crippen LogP contribution in [-0.4, -0.2) is 44.7 Å². The molecule has 4 N–H and O–H groups in total. The minimum atomic E-state index is -0.509. The summed E-state index contributed by atoms with van der Waals surface area (Å²) in [6.07, 6.45) is 9.47. The SMILES string of the molecule is C#CC(C)c1cccc(C(N)=O)c1CNc1nc(O[C@@H]2CCCNC2)nc2c(C(C)C)cnn12. The molecule has 3 aromatic rings. The number of hydrogen-bond acceptors (Lipinski definition) is 7. The molecule has 9 nitrogen and oxygen atoms in total. The first kappa shape index (κ1) is 23.5. The summed E-state index contributed by atoms with van der Waals surface area (Å²) in [7, 11) is 0. The molecule has 1 unspecified atom stereocenters. The summed E-state index contributed by atoms with van der Waals surface area (Å²) in [6, 6.07) is 5.71. The zero-order valence-electron chi connectivity index (χ0n) is 19.8. The lowest BCUT2D eigenvalue weighted by Gasteiger charge is -2.23. The van der Waals surface area contributed by atoms with Crippen molar-refractivity contribution >= 4 is 17.5 Å². The van der Waals surface area contributed by atoms with Crippen LogP contribution in [0, 0.1) is 12.3 Å². The van der Waals surface area contributed by atoms with Crippen LogP contribution in [0.2, 0.25) is 0 Å². The van der Waals surface area contributed by atoms with Crippen molar-refractivity contribution in [2.45, 2.75) is 58.1 Å². The van der Waals surface area contributed by atoms with Crippen LogP contribution in [0.25, 0.3) is 5.65 Å². The van der Waals surface area contributed by atoms with Gasteiger partial charge in [-0.1, -0.05) is 31.9 Å². The predicted octanol–water partition coefficient (Wildman–Crippen LogP) is 2.83. The summed E-state index contributed by atoms with van der Waals surface area (Å²) in [5.74, 6) is 2.74. The Morgan fingerprint density at radius 2 is 2.18 bits per heavy atom. The van der Waals surface area contributed by atoms with Gasteiger partial charge < -0.3 is 21.1 Å². The highest BCUT2D eigenvalue weighted by Crippen LogP contribution is 2.26. The van der Waals surface area contributed by atoms with Crippen LogP contribution in [0.5, 0.6) is 6.01 Å². The molecule has 2 atom stereocenters. The number of carbonyl (C=O) groups excluding carboxylic acids is 1. The summed E-state index contributed by atoms with van der Waals surface area (Å²) in [4.78, 5) is 21.4. The van der Waals surface area contributed by atoms with E-state index in [4.69, 9.17) is 16.9 Å². The Hall–Kier alpha value is -3.64. The van der Waals surface area contributed by atoms with E-state index in [2.05, 4.69) is 45.5 Å². The predicted molar refractivity (Wildman–Crippen MR) is 131 cm³/mol. The zero-order chi connectivity index (χ0) is 24.2. The number of amides is 1. The molecule has 4 rings (SSSR count). The van der Waals surface area contributed by atoms with Gasteiger partial charge in [0.15, 0.2) is 5.65 Å². The van der Waals surface area contributed by atoms with Gasteiger partial charge in [0.2, 0.25) is 11.9 Å². The highest BCUT2D eigenvalue weighted by Gasteiger charge is 2.21. The molecule has 1 aromatic carbocycles. The Morgan fingerprint density at radius 3 is 2.85 bits per heavy atom. The zero-order valence-corrected chi connectivity index (χ0v) is 19.8. The van der Waals surface area contributed by atoms with Crippen LogP contribution < -0.4 is 21.1 Å². The average Bonchev–Trinajstić information content (AvgIpc) is 3.27. The number of piperidine rings is 1. The summed E-state index contributed by atoms with van der Waals surface area (Å²) < 4.78 is 7.80. The number of fused-ring (bicyclic) bond motifs is 1. The van der Waals surface area contributed by atoms with E-state index in [0.29, 0.717) is 23.2 Å². The summed E-state index contributed by atoms with van der Waals surface area (Å²) in [5.41, 5.74) is 9.37. The van der Waals surface area contributed by atoms with Crippen LogP contribution >= 0.6 is 0 Å². The van der Waals surface area contributed by atoms with Crippen molar-refractivity contribution in [3.63, 3.8) is 0 Å². The van der Waals surface area contributed by atoms with E-state index in [-0.39, 0.29) is 24.5 Å². The third-order valence-corrected chi connectivity index (χ3v) is 6.14. The van der Waals surface area contributed by atoms with Crippen molar-refractivity contribution < 1.29 is 9.53 Å². The lowest BCUT2D eigenvalue weighted by atomic mass is 9.92. The van der Waals surface area contributed by atoms with Crippen LogP contribution in [0.1, 0.15) is 72.5 Å². The Bertz CT molecular complexity index is 1220. The first-order valence-electron chi connectivity index (χ1n) is 11.6. The first-order chi connectivity index (χ1) is 16.4. The fraction of sp³-hybridized carbons (Fsp3) is 0.440. The maximum Gasteiger partial charge on any atom is 0.322 e. The lowest BCUT2D eigenvalue weighted by Crippen LogP contribution is -2.37. The van der Waals surface area contributed by atoms with E-state index < -0.39 is 5.91 Å². The van der Waals surface area contributed by atoms with E-state index in [9.17, 15) is 4.79 Å². The Balaban J connectivity index is 1.72. The maximum absolute atomic E-state index is 12.1. The van der Waals surface area contributed by atoms with E-state index >= 15 is 0 Å². The van der Waals surface area contributed by atoms with Crippen LogP contribution in [0.3, 0.4) is 0 Å². The minimum absolute atomic E-state index is 0.00754. The third kappa shape index (κ3) is 4.82. The summed E-state index contributed by atoms with van der Waals surface area (Å²) >= 11 is 0. The second-order valence-electron chi connectivity index (χ2n) is 8.89. The first-order valence-corrected chi connectivity index (χ1v) is 11.6. The van der Waals surface area contributed by atoms with Crippen molar-refractivity contribution in [2.75, 3.05) is 18.4 Å². The van der Waals surface area contributed by atoms with Gasteiger partial charge in [-0.25, -0.2) is 0 Å². The monoisotopic (exact) mass is 461 g/mol. The van der Waals surface area contributed by atoms with Gasteiger partial charge in [0, 0.05) is 30.1 Å². The van der Waals surface area contributed by atoms with Crippen molar-refractivity contribution in [3.8, 4) is 18.4 Å². The van der Waals surface area contributed by atoms with E-state index in [0.717, 1.165) is 42.6 Å². The molecule has 9 heteroatoms. The van der Waals surface area contributed by atoms with Gasteiger partial charge in [-0.15, -0.1) is 6.42 Å². The maximum atomic E-state index is 12.1. The van der Waals surface area contributed by atoms with Gasteiger partial charge in [-0.3, -0.25) is 4.79 Å². The topological polar surface area (TPSA) is 119 Å². The molecular formula is C25H31N7O2. The number of benzene rings is 1. The average molecular weight is 462 g/mol. The lowest BCUT2D eigenvalue weighted by molar-refractivity contribution is 0.0999. The van der Waals surface area contributed by atoms with Crippen molar-refractivity contribution in [1.82, 2.24) is 24.9 Å². The number of terminal acetylenes is 1. The quantitative estimate of drug-likeness (QED) is 0.441. The largest absolute Gasteiger partial charge is 0.459 e. The molecular weight excluding hydrogens is 430 g/mol.